The number of rotatable bonds is 8. The molecular formula is C21H22N6O2S. The van der Waals surface area contributed by atoms with Crippen LogP contribution in [0, 0.1) is 0 Å². The maximum atomic E-state index is 10.8. The lowest BCUT2D eigenvalue weighted by Gasteiger charge is -2.17. The zero-order valence-electron chi connectivity index (χ0n) is 16.6. The van der Waals surface area contributed by atoms with E-state index in [2.05, 4.69) is 30.6 Å². The second-order valence-corrected chi connectivity index (χ2v) is 7.60. The number of ether oxygens (including phenoxy) is 1. The predicted octanol–water partition coefficient (Wildman–Crippen LogP) is 3.44. The molecule has 4 aromatic heterocycles. The van der Waals surface area contributed by atoms with E-state index < -0.39 is 6.23 Å². The minimum Gasteiger partial charge on any atom is -0.481 e. The molecule has 1 unspecified atom stereocenters. The van der Waals surface area contributed by atoms with Crippen molar-refractivity contribution in [3.63, 3.8) is 0 Å². The fourth-order valence-electron chi connectivity index (χ4n) is 2.98. The molecule has 9 heteroatoms. The third kappa shape index (κ3) is 4.54. The van der Waals surface area contributed by atoms with Crippen molar-refractivity contribution in [2.75, 3.05) is 12.4 Å². The van der Waals surface area contributed by atoms with Crippen LogP contribution >= 0.6 is 11.3 Å². The molecule has 4 aromatic rings. The van der Waals surface area contributed by atoms with Gasteiger partial charge >= 0.3 is 0 Å². The molecule has 0 saturated carbocycles. The zero-order valence-corrected chi connectivity index (χ0v) is 17.4. The van der Waals surface area contributed by atoms with Gasteiger partial charge in [0.05, 0.1) is 29.1 Å². The molecule has 0 amide bonds. The Bertz CT molecular complexity index is 1100. The molecule has 0 radical (unpaired) electrons. The molecule has 0 aliphatic heterocycles. The second-order valence-electron chi connectivity index (χ2n) is 6.68. The second kappa shape index (κ2) is 9.12. The summed E-state index contributed by atoms with van der Waals surface area (Å²) in [5.41, 5.74) is 3.13. The number of aliphatic hydroxyl groups excluding tert-OH is 1. The summed E-state index contributed by atoms with van der Waals surface area (Å²) in [5, 5.41) is 19.1. The Hall–Kier alpha value is -3.14. The maximum Gasteiger partial charge on any atom is 0.224 e. The van der Waals surface area contributed by atoms with E-state index in [9.17, 15) is 5.11 Å². The number of hydrogen-bond donors (Lipinski definition) is 3. The predicted molar refractivity (Wildman–Crippen MR) is 116 cm³/mol. The fourth-order valence-corrected chi connectivity index (χ4v) is 3.83. The van der Waals surface area contributed by atoms with Crippen LogP contribution < -0.4 is 15.4 Å². The van der Waals surface area contributed by atoms with Crippen LogP contribution in [-0.2, 0) is 6.54 Å². The SMILES string of the molecule is COc1ccc(CNC(O)c2nc(N[C@@H](C)c3ccccn3)nc3ccsc23)cn1. The summed E-state index contributed by atoms with van der Waals surface area (Å²) in [4.78, 5) is 17.7. The van der Waals surface area contributed by atoms with E-state index in [0.29, 0.717) is 24.1 Å². The first-order valence-electron chi connectivity index (χ1n) is 9.47. The maximum absolute atomic E-state index is 10.8. The van der Waals surface area contributed by atoms with Gasteiger partial charge in [0.1, 0.15) is 11.9 Å². The third-order valence-corrected chi connectivity index (χ3v) is 5.50. The molecule has 0 bridgehead atoms. The standard InChI is InChI=1S/C21H22N6O2S/c1-13(15-5-3-4-9-22-15)25-21-26-16-8-10-30-19(16)18(27-21)20(28)24-12-14-6-7-17(29-2)23-11-14/h3-11,13,20,24,28H,12H2,1-2H3,(H,25,26,27)/t13-,20?/m0/s1. The smallest absolute Gasteiger partial charge is 0.224 e. The molecule has 3 N–H and O–H groups in total. The molecule has 0 spiro atoms. The highest BCUT2D eigenvalue weighted by molar-refractivity contribution is 7.17. The van der Waals surface area contributed by atoms with Gasteiger partial charge in [-0.1, -0.05) is 12.1 Å². The van der Waals surface area contributed by atoms with Crippen molar-refractivity contribution in [3.05, 3.63) is 71.1 Å². The Morgan fingerprint density at radius 1 is 1.13 bits per heavy atom. The highest BCUT2D eigenvalue weighted by atomic mass is 32.1. The number of aromatic nitrogens is 4. The monoisotopic (exact) mass is 422 g/mol. The van der Waals surface area contributed by atoms with Crippen LogP contribution in [0.3, 0.4) is 0 Å². The lowest BCUT2D eigenvalue weighted by Crippen LogP contribution is -2.22. The van der Waals surface area contributed by atoms with E-state index in [0.717, 1.165) is 21.5 Å². The van der Waals surface area contributed by atoms with Gasteiger partial charge in [0.15, 0.2) is 0 Å². The highest BCUT2D eigenvalue weighted by Gasteiger charge is 2.18. The average molecular weight is 423 g/mol. The van der Waals surface area contributed by atoms with E-state index in [4.69, 9.17) is 4.74 Å². The number of hydrogen-bond acceptors (Lipinski definition) is 9. The number of thiophene rings is 1. The topological polar surface area (TPSA) is 105 Å². The molecule has 4 heterocycles. The molecule has 0 aliphatic rings. The lowest BCUT2D eigenvalue weighted by atomic mass is 10.2. The van der Waals surface area contributed by atoms with Crippen molar-refractivity contribution in [2.24, 2.45) is 0 Å². The van der Waals surface area contributed by atoms with Crippen molar-refractivity contribution >= 4 is 27.5 Å². The Labute approximate surface area is 178 Å². The van der Waals surface area contributed by atoms with E-state index in [1.165, 1.54) is 11.3 Å². The Morgan fingerprint density at radius 3 is 2.77 bits per heavy atom. The van der Waals surface area contributed by atoms with Crippen molar-refractivity contribution in [1.82, 2.24) is 25.3 Å². The van der Waals surface area contributed by atoms with E-state index in [-0.39, 0.29) is 6.04 Å². The Morgan fingerprint density at radius 2 is 2.03 bits per heavy atom. The number of nitrogens with zero attached hydrogens (tertiary/aromatic N) is 4. The zero-order chi connectivity index (χ0) is 20.9. The first-order valence-corrected chi connectivity index (χ1v) is 10.3. The first kappa shape index (κ1) is 20.1. The normalized spacial score (nSPS) is 13.2. The van der Waals surface area contributed by atoms with Crippen LogP contribution in [0.25, 0.3) is 10.2 Å². The van der Waals surface area contributed by atoms with Crippen LogP contribution in [-0.4, -0.2) is 32.2 Å². The van der Waals surface area contributed by atoms with Gasteiger partial charge in [0, 0.05) is 25.0 Å². The summed E-state index contributed by atoms with van der Waals surface area (Å²) in [5.74, 6) is 0.995. The summed E-state index contributed by atoms with van der Waals surface area (Å²) in [7, 11) is 1.58. The van der Waals surface area contributed by atoms with E-state index in [1.54, 1.807) is 25.6 Å². The lowest BCUT2D eigenvalue weighted by molar-refractivity contribution is 0.134. The van der Waals surface area contributed by atoms with Gasteiger partial charge in [0.2, 0.25) is 11.8 Å². The van der Waals surface area contributed by atoms with Crippen LogP contribution in [0.5, 0.6) is 5.88 Å². The summed E-state index contributed by atoms with van der Waals surface area (Å²) in [6.07, 6.45) is 2.51. The number of pyridine rings is 2. The molecule has 0 aromatic carbocycles. The number of nitrogens with one attached hydrogen (secondary N) is 2. The number of aliphatic hydroxyl groups is 1. The third-order valence-electron chi connectivity index (χ3n) is 4.57. The molecule has 0 saturated heterocycles. The van der Waals surface area contributed by atoms with Crippen molar-refractivity contribution in [1.29, 1.82) is 0 Å². The summed E-state index contributed by atoms with van der Waals surface area (Å²) in [6.45, 7) is 2.43. The number of methoxy groups -OCH3 is 1. The summed E-state index contributed by atoms with van der Waals surface area (Å²) >= 11 is 1.50. The van der Waals surface area contributed by atoms with Crippen LogP contribution in [0.15, 0.2) is 54.2 Å². The molecule has 30 heavy (non-hydrogen) atoms. The van der Waals surface area contributed by atoms with Crippen LogP contribution in [0.2, 0.25) is 0 Å². The van der Waals surface area contributed by atoms with Gasteiger partial charge in [-0.2, -0.15) is 0 Å². The van der Waals surface area contributed by atoms with Gasteiger partial charge in [-0.3, -0.25) is 10.3 Å². The molecule has 0 aliphatic carbocycles. The number of anilines is 1. The number of fused-ring (bicyclic) bond motifs is 1. The summed E-state index contributed by atoms with van der Waals surface area (Å²) < 4.78 is 5.92. The van der Waals surface area contributed by atoms with Gasteiger partial charge in [-0.15, -0.1) is 11.3 Å². The average Bonchev–Trinajstić information content (AvgIpc) is 3.26. The fraction of sp³-hybridized carbons (Fsp3) is 0.238. The highest BCUT2D eigenvalue weighted by Crippen LogP contribution is 2.28. The minimum absolute atomic E-state index is 0.0781. The van der Waals surface area contributed by atoms with E-state index in [1.807, 2.05) is 42.6 Å². The largest absolute Gasteiger partial charge is 0.481 e. The quantitative estimate of drug-likeness (QED) is 0.371. The van der Waals surface area contributed by atoms with Crippen LogP contribution in [0.1, 0.15) is 36.1 Å². The molecule has 8 nitrogen and oxygen atoms in total. The molecular weight excluding hydrogens is 400 g/mol. The Balaban J connectivity index is 1.52. The summed E-state index contributed by atoms with van der Waals surface area (Å²) in [6, 6.07) is 11.3. The van der Waals surface area contributed by atoms with Gasteiger partial charge in [0.25, 0.3) is 0 Å². The Kier molecular flexibility index (Phi) is 6.12. The molecule has 0 fully saturated rings. The van der Waals surface area contributed by atoms with Crippen molar-refractivity contribution < 1.29 is 9.84 Å². The first-order chi connectivity index (χ1) is 14.6. The van der Waals surface area contributed by atoms with E-state index >= 15 is 0 Å². The van der Waals surface area contributed by atoms with Gasteiger partial charge in [-0.25, -0.2) is 15.0 Å². The van der Waals surface area contributed by atoms with Gasteiger partial charge < -0.3 is 15.2 Å². The molecule has 4 rings (SSSR count). The van der Waals surface area contributed by atoms with Gasteiger partial charge in [-0.05, 0) is 36.1 Å². The van der Waals surface area contributed by atoms with Crippen molar-refractivity contribution in [2.45, 2.75) is 25.7 Å². The van der Waals surface area contributed by atoms with Crippen molar-refractivity contribution in [3.8, 4) is 5.88 Å². The van der Waals surface area contributed by atoms with Crippen LogP contribution in [0.4, 0.5) is 5.95 Å². The molecule has 2 atom stereocenters. The minimum atomic E-state index is -0.957. The molecule has 154 valence electrons.